The molecule has 5 heteroatoms. The summed E-state index contributed by atoms with van der Waals surface area (Å²) in [5.74, 6) is 0.790. The molecule has 2 aromatic rings. The third-order valence-electron chi connectivity index (χ3n) is 4.20. The zero-order valence-corrected chi connectivity index (χ0v) is 15.1. The first-order valence-corrected chi connectivity index (χ1v) is 8.23. The average Bonchev–Trinajstić information content (AvgIpc) is 2.54. The smallest absolute Gasteiger partial charge is 0.137 e. The summed E-state index contributed by atoms with van der Waals surface area (Å²) in [6.07, 6.45) is 0.463. The van der Waals surface area contributed by atoms with Crippen molar-refractivity contribution in [1.82, 2.24) is 4.98 Å². The molecule has 0 amide bonds. The first-order valence-electron chi connectivity index (χ1n) is 8.23. The van der Waals surface area contributed by atoms with Crippen LogP contribution in [-0.4, -0.2) is 17.2 Å². The van der Waals surface area contributed by atoms with Crippen LogP contribution in [0, 0.1) is 0 Å². The molecule has 2 heterocycles. The van der Waals surface area contributed by atoms with Gasteiger partial charge in [0.1, 0.15) is 5.82 Å². The topological polar surface area (TPSA) is 97.2 Å². The number of nitrogens with zero attached hydrogens (tertiary/aromatic N) is 1. The highest BCUT2D eigenvalue weighted by Crippen LogP contribution is 2.43. The molecule has 0 radical (unpaired) electrons. The maximum Gasteiger partial charge on any atom is 0.137 e. The van der Waals surface area contributed by atoms with Crippen molar-refractivity contribution < 1.29 is 5.11 Å². The lowest BCUT2D eigenvalue weighted by atomic mass is 9.86. The third-order valence-corrected chi connectivity index (χ3v) is 4.20. The molecule has 0 fully saturated rings. The highest BCUT2D eigenvalue weighted by Gasteiger charge is 2.27. The Hall–Kier alpha value is -1.95. The van der Waals surface area contributed by atoms with Gasteiger partial charge in [-0.15, -0.1) is 0 Å². The van der Waals surface area contributed by atoms with Gasteiger partial charge in [0.05, 0.1) is 6.17 Å². The molecule has 1 aliphatic rings. The molecule has 6 N–H and O–H groups in total. The van der Waals surface area contributed by atoms with Gasteiger partial charge in [-0.1, -0.05) is 39.8 Å². The Morgan fingerprint density at radius 2 is 1.79 bits per heavy atom. The number of aliphatic hydroxyl groups excluding tert-OH is 1. The van der Waals surface area contributed by atoms with Crippen molar-refractivity contribution in [3.8, 4) is 11.1 Å². The van der Waals surface area contributed by atoms with Crippen molar-refractivity contribution in [2.24, 2.45) is 11.5 Å². The van der Waals surface area contributed by atoms with Crippen LogP contribution in [0.3, 0.4) is 0 Å². The van der Waals surface area contributed by atoms with Crippen LogP contribution in [0.15, 0.2) is 24.3 Å². The second-order valence-corrected chi connectivity index (χ2v) is 6.95. The Morgan fingerprint density at radius 1 is 1.12 bits per heavy atom. The lowest BCUT2D eigenvalue weighted by molar-refractivity contribution is 0.399. The van der Waals surface area contributed by atoms with E-state index in [1.165, 1.54) is 5.56 Å². The van der Waals surface area contributed by atoms with Gasteiger partial charge in [0.15, 0.2) is 0 Å². The van der Waals surface area contributed by atoms with E-state index in [1.54, 1.807) is 0 Å². The van der Waals surface area contributed by atoms with E-state index in [-0.39, 0.29) is 5.41 Å². The van der Waals surface area contributed by atoms with Crippen LogP contribution < -0.4 is 16.8 Å². The number of benzene rings is 1. The third kappa shape index (κ3) is 3.29. The van der Waals surface area contributed by atoms with Crippen molar-refractivity contribution in [3.05, 3.63) is 41.1 Å². The second kappa shape index (κ2) is 6.89. The fraction of sp³-hybridized carbons (Fsp3) is 0.421. The number of hydrogen-bond donors (Lipinski definition) is 4. The summed E-state index contributed by atoms with van der Waals surface area (Å²) in [5.41, 5.74) is 18.5. The summed E-state index contributed by atoms with van der Waals surface area (Å²) in [6.45, 7) is 8.63. The van der Waals surface area contributed by atoms with Gasteiger partial charge in [0, 0.05) is 35.0 Å². The van der Waals surface area contributed by atoms with E-state index >= 15 is 0 Å². The maximum absolute atomic E-state index is 7.00. The fourth-order valence-electron chi connectivity index (χ4n) is 2.87. The molecule has 1 aromatic heterocycles. The second-order valence-electron chi connectivity index (χ2n) is 6.95. The molecule has 24 heavy (non-hydrogen) atoms. The summed E-state index contributed by atoms with van der Waals surface area (Å²) in [6, 6.07) is 8.63. The van der Waals surface area contributed by atoms with Gasteiger partial charge in [-0.3, -0.25) is 0 Å². The van der Waals surface area contributed by atoms with E-state index in [9.17, 15) is 0 Å². The Labute approximate surface area is 144 Å². The molecule has 1 aliphatic heterocycles. The number of anilines is 2. The molecule has 5 nitrogen and oxygen atoms in total. The maximum atomic E-state index is 7.00. The SMILES string of the molecule is CCc1ccc2c(c1)Nc1nc(C(C)(C)C)cc-2c1C(N)N.CO. The zero-order valence-electron chi connectivity index (χ0n) is 15.1. The molecule has 3 rings (SSSR count). The first kappa shape index (κ1) is 18.4. The quantitative estimate of drug-likeness (QED) is 0.542. The molecular weight excluding hydrogens is 300 g/mol. The van der Waals surface area contributed by atoms with Gasteiger partial charge in [-0.2, -0.15) is 0 Å². The van der Waals surface area contributed by atoms with E-state index in [2.05, 4.69) is 57.3 Å². The molecule has 2 bridgehead atoms. The van der Waals surface area contributed by atoms with E-state index in [0.717, 1.165) is 47.4 Å². The molecule has 0 spiro atoms. The average molecular weight is 328 g/mol. The number of rotatable bonds is 2. The minimum Gasteiger partial charge on any atom is -0.400 e. The predicted octanol–water partition coefficient (Wildman–Crippen LogP) is 3.19. The predicted molar refractivity (Wildman–Crippen MR) is 100 cm³/mol. The van der Waals surface area contributed by atoms with Crippen molar-refractivity contribution in [2.45, 2.75) is 45.7 Å². The van der Waals surface area contributed by atoms with Crippen LogP contribution in [-0.2, 0) is 11.8 Å². The summed E-state index contributed by atoms with van der Waals surface area (Å²) >= 11 is 0. The Morgan fingerprint density at radius 3 is 2.33 bits per heavy atom. The van der Waals surface area contributed by atoms with Crippen LogP contribution in [0.2, 0.25) is 0 Å². The minimum absolute atomic E-state index is 0.0245. The highest BCUT2D eigenvalue weighted by atomic mass is 16.2. The molecule has 0 saturated heterocycles. The van der Waals surface area contributed by atoms with Crippen LogP contribution in [0.25, 0.3) is 11.1 Å². The largest absolute Gasteiger partial charge is 0.400 e. The van der Waals surface area contributed by atoms with Gasteiger partial charge in [0.2, 0.25) is 0 Å². The van der Waals surface area contributed by atoms with E-state index in [0.29, 0.717) is 0 Å². The number of pyridine rings is 1. The van der Waals surface area contributed by atoms with Gasteiger partial charge >= 0.3 is 0 Å². The molecule has 0 aliphatic carbocycles. The Kier molecular flexibility index (Phi) is 5.28. The number of hydrogen-bond acceptors (Lipinski definition) is 5. The summed E-state index contributed by atoms with van der Waals surface area (Å²) in [5, 5.41) is 10.4. The number of fused-ring (bicyclic) bond motifs is 4. The van der Waals surface area contributed by atoms with Crippen molar-refractivity contribution in [2.75, 3.05) is 12.4 Å². The summed E-state index contributed by atoms with van der Waals surface area (Å²) in [4.78, 5) is 4.78. The lowest BCUT2D eigenvalue weighted by Gasteiger charge is -2.29. The van der Waals surface area contributed by atoms with E-state index in [1.807, 2.05) is 0 Å². The molecule has 0 unspecified atom stereocenters. The number of nitrogens with one attached hydrogen (secondary N) is 1. The molecule has 0 saturated carbocycles. The standard InChI is InChI=1S/C18H24N4.CH4O/c1-5-10-6-7-11-12-9-14(18(2,3)4)22-17(15(12)16(19)20)21-13(11)8-10;1-2/h6-9,16H,5,19-20H2,1-4H3,(H,21,22);2H,1H3. The summed E-state index contributed by atoms with van der Waals surface area (Å²) in [7, 11) is 1.00. The first-order chi connectivity index (χ1) is 11.3. The van der Waals surface area contributed by atoms with Gasteiger partial charge in [-0.05, 0) is 29.7 Å². The van der Waals surface area contributed by atoms with E-state index in [4.69, 9.17) is 21.6 Å². The minimum atomic E-state index is -0.543. The normalized spacial score (nSPS) is 12.2. The van der Waals surface area contributed by atoms with E-state index < -0.39 is 6.17 Å². The molecular formula is C19H28N4O. The Bertz CT molecular complexity index is 733. The number of aromatic nitrogens is 1. The monoisotopic (exact) mass is 328 g/mol. The zero-order chi connectivity index (χ0) is 18.1. The van der Waals surface area contributed by atoms with Crippen molar-refractivity contribution >= 4 is 11.5 Å². The van der Waals surface area contributed by atoms with Crippen molar-refractivity contribution in [1.29, 1.82) is 0 Å². The number of nitrogens with two attached hydrogens (primary N) is 2. The molecule has 0 atom stereocenters. The molecule has 130 valence electrons. The van der Waals surface area contributed by atoms with Crippen LogP contribution in [0.4, 0.5) is 11.5 Å². The van der Waals surface area contributed by atoms with Crippen molar-refractivity contribution in [3.63, 3.8) is 0 Å². The van der Waals surface area contributed by atoms with Crippen LogP contribution in [0.5, 0.6) is 0 Å². The number of aliphatic hydroxyl groups is 1. The fourth-order valence-corrected chi connectivity index (χ4v) is 2.87. The van der Waals surface area contributed by atoms with Gasteiger partial charge < -0.3 is 21.9 Å². The van der Waals surface area contributed by atoms with Crippen LogP contribution in [0.1, 0.15) is 50.7 Å². The van der Waals surface area contributed by atoms with Crippen LogP contribution >= 0.6 is 0 Å². The highest BCUT2D eigenvalue weighted by molar-refractivity contribution is 5.90. The summed E-state index contributed by atoms with van der Waals surface area (Å²) < 4.78 is 0. The Balaban J connectivity index is 0.00000100. The molecule has 1 aromatic carbocycles. The van der Waals surface area contributed by atoms with Gasteiger partial charge in [-0.25, -0.2) is 4.98 Å². The van der Waals surface area contributed by atoms with Gasteiger partial charge in [0.25, 0.3) is 0 Å². The number of aryl methyl sites for hydroxylation is 1. The lowest BCUT2D eigenvalue weighted by Crippen LogP contribution is -2.26.